The number of halogens is 3. The first-order chi connectivity index (χ1) is 35.5. The summed E-state index contributed by atoms with van der Waals surface area (Å²) >= 11 is 0. The molecular weight excluding hydrogens is 970 g/mol. The molecule has 0 aliphatic carbocycles. The number of methoxy groups -OCH3 is 1. The molecule has 0 spiro atoms. The Hall–Kier alpha value is -5.38. The Morgan fingerprint density at radius 1 is 0.384 bits per heavy atom. The van der Waals surface area contributed by atoms with Gasteiger partial charge in [-0.25, -0.2) is 0 Å². The molecule has 0 aromatic heterocycles. The van der Waals surface area contributed by atoms with Gasteiger partial charge in [0.15, 0.2) is 12.6 Å². The van der Waals surface area contributed by atoms with Crippen LogP contribution in [0.3, 0.4) is 0 Å². The van der Waals surface area contributed by atoms with Crippen LogP contribution in [0.5, 0.6) is 0 Å². The number of alkyl halides is 3. The van der Waals surface area contributed by atoms with Gasteiger partial charge in [-0.05, 0) is 33.4 Å². The van der Waals surface area contributed by atoms with E-state index in [2.05, 4.69) is 0 Å². The molecular formula is C56H59F3O13S. The SMILES string of the molecule is CO[C@H]1O[C@H](CO[C@@H]2O[C@H](COS(=O)(=O)C(F)(F)F)[C@@H](OCc3ccccc3)[C@H](OCc3ccccc3)[C@H]2OCc2ccccc2)[C@@H](OCc2ccccc2)[C@H](OCc2ccccc2)[C@H]1OCc1ccccc1. The molecule has 2 heterocycles. The van der Waals surface area contributed by atoms with E-state index in [1.165, 1.54) is 7.11 Å². The standard InChI is InChI=1S/C56H59F3O13S/c1-62-54-52(67-36-44-28-16-6-17-29-44)50(65-34-42-24-12-4-13-25-42)48(63-32-40-20-8-2-9-21-40)46(71-54)38-69-55-53(68-37-45-30-18-7-19-31-45)51(66-35-43-26-14-5-15-27-43)49(64-33-41-22-10-3-11-23-41)47(72-55)39-70-73(60,61)56(57,58)59/h2-31,46-55H,32-39H2,1H3/t46-,47-,48-,49-,50+,51+,52-,53-,54+,55-/m1/s1. The Labute approximate surface area is 424 Å². The molecule has 0 amide bonds. The summed E-state index contributed by atoms with van der Waals surface area (Å²) in [5.74, 6) is 0. The van der Waals surface area contributed by atoms with Gasteiger partial charge in [-0.1, -0.05) is 182 Å². The van der Waals surface area contributed by atoms with Gasteiger partial charge in [0.05, 0.1) is 52.9 Å². The lowest BCUT2D eigenvalue weighted by atomic mass is 9.97. The van der Waals surface area contributed by atoms with Crippen molar-refractivity contribution in [1.29, 1.82) is 0 Å². The molecule has 0 N–H and O–H groups in total. The van der Waals surface area contributed by atoms with E-state index < -0.39 is 83.6 Å². The van der Waals surface area contributed by atoms with Crippen LogP contribution in [0, 0.1) is 0 Å². The third kappa shape index (κ3) is 15.4. The molecule has 2 aliphatic heterocycles. The normalized spacial score (nSPS) is 24.5. The molecule has 2 aliphatic rings. The van der Waals surface area contributed by atoms with Gasteiger partial charge in [0.25, 0.3) is 0 Å². The maximum absolute atomic E-state index is 13.9. The lowest BCUT2D eigenvalue weighted by Gasteiger charge is -2.47. The quantitative estimate of drug-likeness (QED) is 0.0398. The first-order valence-electron chi connectivity index (χ1n) is 23.9. The summed E-state index contributed by atoms with van der Waals surface area (Å²) in [6.45, 7) is -1.00. The van der Waals surface area contributed by atoms with Crippen LogP contribution in [0.4, 0.5) is 13.2 Å². The number of hydrogen-bond donors (Lipinski definition) is 0. The Morgan fingerprint density at radius 2 is 0.658 bits per heavy atom. The number of hydrogen-bond acceptors (Lipinski definition) is 13. The van der Waals surface area contributed by atoms with Crippen LogP contribution in [-0.4, -0.2) is 95.7 Å². The van der Waals surface area contributed by atoms with Gasteiger partial charge in [-0.15, -0.1) is 0 Å². The third-order valence-corrected chi connectivity index (χ3v) is 13.2. The van der Waals surface area contributed by atoms with Gasteiger partial charge in [0.2, 0.25) is 0 Å². The molecule has 2 fully saturated rings. The Bertz CT molecular complexity index is 2610. The van der Waals surface area contributed by atoms with Crippen molar-refractivity contribution in [3.8, 4) is 0 Å². The highest BCUT2D eigenvalue weighted by atomic mass is 32.2. The third-order valence-electron chi connectivity index (χ3n) is 12.2. The monoisotopic (exact) mass is 1030 g/mol. The van der Waals surface area contributed by atoms with Gasteiger partial charge in [-0.2, -0.15) is 21.6 Å². The summed E-state index contributed by atoms with van der Waals surface area (Å²) in [5.41, 5.74) is -0.826. The minimum absolute atomic E-state index is 0.00942. The van der Waals surface area contributed by atoms with Crippen molar-refractivity contribution in [3.63, 3.8) is 0 Å². The van der Waals surface area contributed by atoms with Crippen molar-refractivity contribution in [2.75, 3.05) is 20.3 Å². The molecule has 10 atom stereocenters. The molecule has 388 valence electrons. The summed E-state index contributed by atoms with van der Waals surface area (Å²) in [7, 11) is -4.61. The fourth-order valence-electron chi connectivity index (χ4n) is 8.50. The van der Waals surface area contributed by atoms with E-state index in [9.17, 15) is 21.6 Å². The molecule has 6 aromatic rings. The number of ether oxygens (including phenoxy) is 10. The molecule has 0 unspecified atom stereocenters. The molecule has 13 nitrogen and oxygen atoms in total. The van der Waals surface area contributed by atoms with E-state index >= 15 is 0 Å². The molecule has 0 bridgehead atoms. The van der Waals surface area contributed by atoms with Gasteiger partial charge >= 0.3 is 15.6 Å². The average Bonchev–Trinajstić information content (AvgIpc) is 3.42. The maximum Gasteiger partial charge on any atom is 0.523 e. The molecule has 8 rings (SSSR count). The lowest BCUT2D eigenvalue weighted by molar-refractivity contribution is -0.350. The molecule has 17 heteroatoms. The highest BCUT2D eigenvalue weighted by Gasteiger charge is 2.54. The van der Waals surface area contributed by atoms with Crippen molar-refractivity contribution >= 4 is 10.1 Å². The van der Waals surface area contributed by atoms with Crippen LogP contribution in [-0.2, 0) is 101 Å². The summed E-state index contributed by atoms with van der Waals surface area (Å²) in [6, 6.07) is 56.3. The zero-order chi connectivity index (χ0) is 50.9. The molecule has 73 heavy (non-hydrogen) atoms. The second-order valence-electron chi connectivity index (χ2n) is 17.4. The molecule has 6 aromatic carbocycles. The lowest BCUT2D eigenvalue weighted by Crippen LogP contribution is -2.64. The first kappa shape index (κ1) is 53.9. The van der Waals surface area contributed by atoms with Crippen molar-refractivity contribution in [3.05, 3.63) is 215 Å². The van der Waals surface area contributed by atoms with Crippen LogP contribution in [0.25, 0.3) is 0 Å². The Kier molecular flexibility index (Phi) is 19.7. The summed E-state index contributed by atoms with van der Waals surface area (Å²) in [4.78, 5) is 0. The van der Waals surface area contributed by atoms with E-state index in [4.69, 9.17) is 51.6 Å². The second kappa shape index (κ2) is 26.7. The minimum Gasteiger partial charge on any atom is -0.368 e. The van der Waals surface area contributed by atoms with Crippen molar-refractivity contribution in [1.82, 2.24) is 0 Å². The van der Waals surface area contributed by atoms with E-state index in [1.807, 2.05) is 158 Å². The van der Waals surface area contributed by atoms with Gasteiger partial charge in [0, 0.05) is 7.11 Å². The average molecular weight is 1030 g/mol. The van der Waals surface area contributed by atoms with Crippen molar-refractivity contribution < 1.29 is 73.1 Å². The van der Waals surface area contributed by atoms with E-state index in [-0.39, 0.29) is 46.2 Å². The molecule has 0 radical (unpaired) electrons. The van der Waals surface area contributed by atoms with Crippen molar-refractivity contribution in [2.24, 2.45) is 0 Å². The zero-order valence-electron chi connectivity index (χ0n) is 40.1. The predicted molar refractivity (Wildman–Crippen MR) is 261 cm³/mol. The number of benzene rings is 6. The number of rotatable bonds is 25. The van der Waals surface area contributed by atoms with Gasteiger partial charge < -0.3 is 47.4 Å². The van der Waals surface area contributed by atoms with E-state index in [0.29, 0.717) is 5.56 Å². The fourth-order valence-corrected chi connectivity index (χ4v) is 8.94. The predicted octanol–water partition coefficient (Wildman–Crippen LogP) is 9.48. The topological polar surface area (TPSA) is 136 Å². The van der Waals surface area contributed by atoms with Gasteiger partial charge in [-0.3, -0.25) is 4.18 Å². The first-order valence-corrected chi connectivity index (χ1v) is 25.3. The highest BCUT2D eigenvalue weighted by molar-refractivity contribution is 7.87. The van der Waals surface area contributed by atoms with Crippen LogP contribution >= 0.6 is 0 Å². The second-order valence-corrected chi connectivity index (χ2v) is 19.0. The van der Waals surface area contributed by atoms with Crippen LogP contribution in [0.15, 0.2) is 182 Å². The smallest absolute Gasteiger partial charge is 0.368 e. The summed E-state index contributed by atoms with van der Waals surface area (Å²) in [6.07, 6.45) is -11.2. The fraction of sp³-hybridized carbons (Fsp3) is 0.357. The van der Waals surface area contributed by atoms with Crippen LogP contribution < -0.4 is 0 Å². The van der Waals surface area contributed by atoms with Crippen molar-refractivity contribution in [2.45, 2.75) is 107 Å². The van der Waals surface area contributed by atoms with E-state index in [0.717, 1.165) is 27.8 Å². The summed E-state index contributed by atoms with van der Waals surface area (Å²) < 4.78 is 137. The van der Waals surface area contributed by atoms with Crippen LogP contribution in [0.2, 0.25) is 0 Å². The van der Waals surface area contributed by atoms with E-state index in [1.54, 1.807) is 24.3 Å². The maximum atomic E-state index is 13.9. The zero-order valence-corrected chi connectivity index (χ0v) is 40.9. The Balaban J connectivity index is 1.15. The van der Waals surface area contributed by atoms with Crippen LogP contribution in [0.1, 0.15) is 33.4 Å². The highest BCUT2D eigenvalue weighted by Crippen LogP contribution is 2.36. The van der Waals surface area contributed by atoms with Gasteiger partial charge in [0.1, 0.15) is 48.8 Å². The molecule has 0 saturated carbocycles. The Morgan fingerprint density at radius 3 is 0.973 bits per heavy atom. The minimum atomic E-state index is -6.10. The largest absolute Gasteiger partial charge is 0.523 e. The molecule has 2 saturated heterocycles. The summed E-state index contributed by atoms with van der Waals surface area (Å²) in [5, 5.41) is 0.